The van der Waals surface area contributed by atoms with E-state index in [4.69, 9.17) is 0 Å². The lowest BCUT2D eigenvalue weighted by Gasteiger charge is -2.15. The van der Waals surface area contributed by atoms with Crippen LogP contribution < -0.4 is 0 Å². The van der Waals surface area contributed by atoms with Crippen molar-refractivity contribution < 1.29 is 4.79 Å². The molecule has 2 aromatic heterocycles. The summed E-state index contributed by atoms with van der Waals surface area (Å²) in [6.45, 7) is 0.409. The number of nitrogens with one attached hydrogen (secondary N) is 1. The fourth-order valence-electron chi connectivity index (χ4n) is 2.08. The molecule has 0 atom stereocenters. The summed E-state index contributed by atoms with van der Waals surface area (Å²) in [5, 5.41) is 0. The SMILES string of the molecule is CN(Cc1ncc[nH]1)C(=O)c1cnc(-c2ccccc2)nc1. The van der Waals surface area contributed by atoms with Crippen LogP contribution in [0.15, 0.2) is 55.1 Å². The van der Waals surface area contributed by atoms with Crippen LogP contribution in [0.3, 0.4) is 0 Å². The normalized spacial score (nSPS) is 10.4. The van der Waals surface area contributed by atoms with E-state index < -0.39 is 0 Å². The molecule has 0 aliphatic rings. The highest BCUT2D eigenvalue weighted by molar-refractivity contribution is 5.93. The maximum atomic E-state index is 12.3. The van der Waals surface area contributed by atoms with Gasteiger partial charge < -0.3 is 9.88 Å². The van der Waals surface area contributed by atoms with Crippen molar-refractivity contribution in [2.75, 3.05) is 7.05 Å². The molecule has 0 aliphatic heterocycles. The van der Waals surface area contributed by atoms with E-state index in [1.54, 1.807) is 36.7 Å². The summed E-state index contributed by atoms with van der Waals surface area (Å²) in [5.41, 5.74) is 1.37. The van der Waals surface area contributed by atoms with E-state index >= 15 is 0 Å². The van der Waals surface area contributed by atoms with Gasteiger partial charge in [-0.3, -0.25) is 4.79 Å². The Bertz CT molecular complexity index is 738. The zero-order valence-corrected chi connectivity index (χ0v) is 12.1. The Morgan fingerprint density at radius 3 is 2.50 bits per heavy atom. The van der Waals surface area contributed by atoms with Crippen molar-refractivity contribution >= 4 is 5.91 Å². The first-order chi connectivity index (χ1) is 10.7. The largest absolute Gasteiger partial charge is 0.347 e. The highest BCUT2D eigenvalue weighted by Crippen LogP contribution is 2.14. The number of H-pyrrole nitrogens is 1. The van der Waals surface area contributed by atoms with Crippen molar-refractivity contribution in [2.24, 2.45) is 0 Å². The molecule has 0 unspecified atom stereocenters. The molecule has 22 heavy (non-hydrogen) atoms. The van der Waals surface area contributed by atoms with E-state index in [9.17, 15) is 4.79 Å². The van der Waals surface area contributed by atoms with Gasteiger partial charge in [0.25, 0.3) is 5.91 Å². The van der Waals surface area contributed by atoms with Crippen LogP contribution in [0.25, 0.3) is 11.4 Å². The van der Waals surface area contributed by atoms with Gasteiger partial charge >= 0.3 is 0 Å². The van der Waals surface area contributed by atoms with Crippen LogP contribution in [0.1, 0.15) is 16.2 Å². The lowest BCUT2D eigenvalue weighted by molar-refractivity contribution is 0.0781. The van der Waals surface area contributed by atoms with Gasteiger partial charge in [-0.25, -0.2) is 15.0 Å². The molecule has 3 aromatic rings. The van der Waals surface area contributed by atoms with Crippen molar-refractivity contribution in [1.82, 2.24) is 24.8 Å². The zero-order valence-electron chi connectivity index (χ0n) is 12.1. The smallest absolute Gasteiger partial charge is 0.257 e. The summed E-state index contributed by atoms with van der Waals surface area (Å²) in [4.78, 5) is 29.5. The third-order valence-corrected chi connectivity index (χ3v) is 3.22. The number of hydrogen-bond donors (Lipinski definition) is 1. The van der Waals surface area contributed by atoms with Gasteiger partial charge in [0.15, 0.2) is 5.82 Å². The molecular weight excluding hydrogens is 278 g/mol. The highest BCUT2D eigenvalue weighted by atomic mass is 16.2. The number of carbonyl (C=O) groups is 1. The summed E-state index contributed by atoms with van der Waals surface area (Å²) in [6, 6.07) is 9.65. The average Bonchev–Trinajstić information content (AvgIpc) is 3.08. The minimum absolute atomic E-state index is 0.143. The van der Waals surface area contributed by atoms with Crippen LogP contribution in [-0.2, 0) is 6.54 Å². The van der Waals surface area contributed by atoms with Gasteiger partial charge in [0.05, 0.1) is 12.1 Å². The molecule has 0 fully saturated rings. The molecule has 3 rings (SSSR count). The standard InChI is InChI=1S/C16H15N5O/c1-21(11-14-17-7-8-18-14)16(22)13-9-19-15(20-10-13)12-5-3-2-4-6-12/h2-10H,11H2,1H3,(H,17,18). The number of aromatic amines is 1. The number of rotatable bonds is 4. The van der Waals surface area contributed by atoms with E-state index in [2.05, 4.69) is 19.9 Å². The molecule has 0 saturated carbocycles. The molecule has 1 aromatic carbocycles. The minimum Gasteiger partial charge on any atom is -0.347 e. The van der Waals surface area contributed by atoms with Gasteiger partial charge in [-0.2, -0.15) is 0 Å². The summed E-state index contributed by atoms with van der Waals surface area (Å²) >= 11 is 0. The number of nitrogens with zero attached hydrogens (tertiary/aromatic N) is 4. The molecule has 0 radical (unpaired) electrons. The second kappa shape index (κ2) is 6.17. The quantitative estimate of drug-likeness (QED) is 0.799. The predicted octanol–water partition coefficient (Wildman–Crippen LogP) is 2.14. The van der Waals surface area contributed by atoms with Crippen LogP contribution in [0.2, 0.25) is 0 Å². The molecule has 6 heteroatoms. The van der Waals surface area contributed by atoms with Crippen LogP contribution in [-0.4, -0.2) is 37.8 Å². The van der Waals surface area contributed by atoms with Crippen molar-refractivity contribution in [3.63, 3.8) is 0 Å². The van der Waals surface area contributed by atoms with Crippen LogP contribution in [0.5, 0.6) is 0 Å². The fraction of sp³-hybridized carbons (Fsp3) is 0.125. The van der Waals surface area contributed by atoms with E-state index in [0.29, 0.717) is 17.9 Å². The van der Waals surface area contributed by atoms with Crippen molar-refractivity contribution in [3.8, 4) is 11.4 Å². The summed E-state index contributed by atoms with van der Waals surface area (Å²) < 4.78 is 0. The second-order valence-electron chi connectivity index (χ2n) is 4.86. The van der Waals surface area contributed by atoms with Crippen molar-refractivity contribution in [1.29, 1.82) is 0 Å². The molecule has 1 amide bonds. The first-order valence-electron chi connectivity index (χ1n) is 6.85. The van der Waals surface area contributed by atoms with Crippen LogP contribution >= 0.6 is 0 Å². The summed E-state index contributed by atoms with van der Waals surface area (Å²) in [6.07, 6.45) is 6.49. The zero-order chi connectivity index (χ0) is 15.4. The monoisotopic (exact) mass is 293 g/mol. The van der Waals surface area contributed by atoms with Crippen LogP contribution in [0.4, 0.5) is 0 Å². The Kier molecular flexibility index (Phi) is 3.91. The Morgan fingerprint density at radius 2 is 1.86 bits per heavy atom. The molecule has 6 nitrogen and oxygen atoms in total. The average molecular weight is 293 g/mol. The molecule has 0 bridgehead atoms. The first-order valence-corrected chi connectivity index (χ1v) is 6.85. The molecule has 0 aliphatic carbocycles. The predicted molar refractivity (Wildman–Crippen MR) is 81.9 cm³/mol. The minimum atomic E-state index is -0.143. The van der Waals surface area contributed by atoms with Gasteiger partial charge in [-0.05, 0) is 0 Å². The van der Waals surface area contributed by atoms with E-state index in [1.807, 2.05) is 30.3 Å². The fourth-order valence-corrected chi connectivity index (χ4v) is 2.08. The number of amides is 1. The summed E-state index contributed by atoms with van der Waals surface area (Å²) in [5.74, 6) is 1.19. The first kappa shape index (κ1) is 13.9. The Labute approximate surface area is 127 Å². The molecule has 0 saturated heterocycles. The third kappa shape index (κ3) is 3.01. The van der Waals surface area contributed by atoms with E-state index in [1.165, 1.54) is 0 Å². The second-order valence-corrected chi connectivity index (χ2v) is 4.86. The Hall–Kier alpha value is -3.02. The van der Waals surface area contributed by atoms with E-state index in [0.717, 1.165) is 11.4 Å². The summed E-state index contributed by atoms with van der Waals surface area (Å²) in [7, 11) is 1.72. The molecule has 1 N–H and O–H groups in total. The van der Waals surface area contributed by atoms with E-state index in [-0.39, 0.29) is 5.91 Å². The Morgan fingerprint density at radius 1 is 1.14 bits per heavy atom. The van der Waals surface area contributed by atoms with Crippen LogP contribution in [0, 0.1) is 0 Å². The molecule has 0 spiro atoms. The third-order valence-electron chi connectivity index (χ3n) is 3.22. The van der Waals surface area contributed by atoms with Gasteiger partial charge in [0.2, 0.25) is 0 Å². The van der Waals surface area contributed by atoms with Gasteiger partial charge in [-0.1, -0.05) is 30.3 Å². The number of benzene rings is 1. The lowest BCUT2D eigenvalue weighted by Crippen LogP contribution is -2.27. The number of hydrogen-bond acceptors (Lipinski definition) is 4. The Balaban J connectivity index is 1.73. The van der Waals surface area contributed by atoms with Gasteiger partial charge in [0.1, 0.15) is 5.82 Å². The number of aromatic nitrogens is 4. The maximum Gasteiger partial charge on any atom is 0.257 e. The number of imidazole rings is 1. The van der Waals surface area contributed by atoms with Gasteiger partial charge in [-0.15, -0.1) is 0 Å². The topological polar surface area (TPSA) is 74.8 Å². The lowest BCUT2D eigenvalue weighted by atomic mass is 10.2. The maximum absolute atomic E-state index is 12.3. The molecular formula is C16H15N5O. The highest BCUT2D eigenvalue weighted by Gasteiger charge is 2.14. The van der Waals surface area contributed by atoms with Crippen molar-refractivity contribution in [3.05, 3.63) is 66.5 Å². The number of carbonyl (C=O) groups excluding carboxylic acids is 1. The molecule has 2 heterocycles. The van der Waals surface area contributed by atoms with Crippen molar-refractivity contribution in [2.45, 2.75) is 6.54 Å². The van der Waals surface area contributed by atoms with Gasteiger partial charge in [0, 0.05) is 37.4 Å². The molecule has 110 valence electrons.